The first kappa shape index (κ1) is 12.1. The van der Waals surface area contributed by atoms with Crippen molar-refractivity contribution in [3.05, 3.63) is 29.7 Å². The molecule has 0 radical (unpaired) electrons. The number of hydrogen-bond donors (Lipinski definition) is 2. The fourth-order valence-electron chi connectivity index (χ4n) is 1.82. The Kier molecular flexibility index (Phi) is 4.12. The highest BCUT2D eigenvalue weighted by Crippen LogP contribution is 2.16. The third-order valence-corrected chi connectivity index (χ3v) is 2.71. The molecular weight excluding hydrogens is 214 g/mol. The van der Waals surface area contributed by atoms with Crippen molar-refractivity contribution in [3.63, 3.8) is 0 Å². The van der Waals surface area contributed by atoms with Crippen LogP contribution in [-0.4, -0.2) is 24.6 Å². The van der Waals surface area contributed by atoms with Crippen LogP contribution in [0.1, 0.15) is 17.9 Å². The first-order valence-electron chi connectivity index (χ1n) is 6.06. The minimum absolute atomic E-state index is 0.721. The van der Waals surface area contributed by atoms with Crippen molar-refractivity contribution in [3.8, 4) is 0 Å². The van der Waals surface area contributed by atoms with Crippen LogP contribution >= 0.6 is 0 Å². The number of oxazole rings is 1. The highest BCUT2D eigenvalue weighted by atomic mass is 16.3. The third-order valence-electron chi connectivity index (χ3n) is 2.71. The number of fused-ring (bicyclic) bond motifs is 1. The van der Waals surface area contributed by atoms with Crippen molar-refractivity contribution < 1.29 is 4.42 Å². The zero-order valence-electron chi connectivity index (χ0n) is 10.2. The molecule has 17 heavy (non-hydrogen) atoms. The van der Waals surface area contributed by atoms with E-state index in [1.807, 2.05) is 13.0 Å². The lowest BCUT2D eigenvalue weighted by atomic mass is 10.1. The van der Waals surface area contributed by atoms with E-state index in [9.17, 15) is 0 Å². The number of benzene rings is 1. The summed E-state index contributed by atoms with van der Waals surface area (Å²) >= 11 is 0. The maximum absolute atomic E-state index is 5.51. The Morgan fingerprint density at radius 1 is 1.35 bits per heavy atom. The lowest BCUT2D eigenvalue weighted by Gasteiger charge is -2.03. The van der Waals surface area contributed by atoms with Gasteiger partial charge in [-0.25, -0.2) is 4.98 Å². The Balaban J connectivity index is 1.90. The van der Waals surface area contributed by atoms with Crippen LogP contribution in [0.25, 0.3) is 11.1 Å². The molecule has 2 rings (SSSR count). The summed E-state index contributed by atoms with van der Waals surface area (Å²) in [4.78, 5) is 4.28. The highest BCUT2D eigenvalue weighted by molar-refractivity contribution is 5.73. The second kappa shape index (κ2) is 5.80. The predicted octanol–water partition coefficient (Wildman–Crippen LogP) is 1.62. The van der Waals surface area contributed by atoms with Crippen molar-refractivity contribution in [2.24, 2.45) is 5.73 Å². The van der Waals surface area contributed by atoms with Gasteiger partial charge in [0.25, 0.3) is 0 Å². The fraction of sp³-hybridized carbons (Fsp3) is 0.462. The van der Waals surface area contributed by atoms with Gasteiger partial charge in [0, 0.05) is 6.92 Å². The lowest BCUT2D eigenvalue weighted by molar-refractivity contribution is 0.560. The number of aromatic nitrogens is 1. The number of nitrogens with one attached hydrogen (secondary N) is 1. The average Bonchev–Trinajstić information content (AvgIpc) is 2.68. The molecule has 0 saturated heterocycles. The topological polar surface area (TPSA) is 64.1 Å². The summed E-state index contributed by atoms with van der Waals surface area (Å²) in [6.07, 6.45) is 2.03. The van der Waals surface area contributed by atoms with Gasteiger partial charge in [0.2, 0.25) is 0 Å². The van der Waals surface area contributed by atoms with Crippen LogP contribution in [0.15, 0.2) is 22.6 Å². The lowest BCUT2D eigenvalue weighted by Crippen LogP contribution is -2.20. The van der Waals surface area contributed by atoms with Crippen LogP contribution in [0.5, 0.6) is 0 Å². The summed E-state index contributed by atoms with van der Waals surface area (Å²) in [5.41, 5.74) is 8.51. The minimum Gasteiger partial charge on any atom is -0.441 e. The Bertz CT molecular complexity index is 478. The first-order valence-corrected chi connectivity index (χ1v) is 6.06. The fourth-order valence-corrected chi connectivity index (χ4v) is 1.82. The summed E-state index contributed by atoms with van der Waals surface area (Å²) in [6.45, 7) is 4.57. The maximum atomic E-state index is 5.51. The van der Waals surface area contributed by atoms with Gasteiger partial charge >= 0.3 is 0 Å². The largest absolute Gasteiger partial charge is 0.441 e. The normalized spacial score (nSPS) is 11.2. The molecule has 1 aromatic carbocycles. The molecule has 0 fully saturated rings. The van der Waals surface area contributed by atoms with E-state index in [-0.39, 0.29) is 0 Å². The van der Waals surface area contributed by atoms with E-state index in [0.29, 0.717) is 0 Å². The third kappa shape index (κ3) is 3.28. The molecule has 0 aliphatic rings. The van der Waals surface area contributed by atoms with Gasteiger partial charge in [-0.1, -0.05) is 6.07 Å². The number of hydrogen-bond acceptors (Lipinski definition) is 4. The van der Waals surface area contributed by atoms with Gasteiger partial charge in [0.05, 0.1) is 0 Å². The van der Waals surface area contributed by atoms with Crippen molar-refractivity contribution in [2.45, 2.75) is 19.8 Å². The molecule has 4 nitrogen and oxygen atoms in total. The summed E-state index contributed by atoms with van der Waals surface area (Å²) < 4.78 is 5.51. The predicted molar refractivity (Wildman–Crippen MR) is 69.0 cm³/mol. The summed E-state index contributed by atoms with van der Waals surface area (Å²) in [5.74, 6) is 0.721. The van der Waals surface area contributed by atoms with E-state index in [2.05, 4.69) is 22.4 Å². The van der Waals surface area contributed by atoms with Crippen molar-refractivity contribution in [1.82, 2.24) is 10.3 Å². The van der Waals surface area contributed by atoms with Gasteiger partial charge in [-0.15, -0.1) is 0 Å². The van der Waals surface area contributed by atoms with Crippen LogP contribution in [0.2, 0.25) is 0 Å². The molecule has 0 spiro atoms. The molecule has 0 amide bonds. The monoisotopic (exact) mass is 233 g/mol. The Hall–Kier alpha value is -1.39. The second-order valence-electron chi connectivity index (χ2n) is 4.18. The van der Waals surface area contributed by atoms with Gasteiger partial charge in [0.1, 0.15) is 5.52 Å². The highest BCUT2D eigenvalue weighted by Gasteiger charge is 2.02. The zero-order chi connectivity index (χ0) is 12.1. The Labute approximate surface area is 101 Å². The van der Waals surface area contributed by atoms with Crippen LogP contribution in [0.3, 0.4) is 0 Å². The van der Waals surface area contributed by atoms with Crippen molar-refractivity contribution >= 4 is 11.1 Å². The molecule has 4 heteroatoms. The van der Waals surface area contributed by atoms with E-state index < -0.39 is 0 Å². The van der Waals surface area contributed by atoms with E-state index in [1.165, 1.54) is 5.56 Å². The van der Waals surface area contributed by atoms with Gasteiger partial charge in [-0.2, -0.15) is 0 Å². The number of rotatable bonds is 6. The van der Waals surface area contributed by atoms with E-state index in [1.54, 1.807) is 0 Å². The van der Waals surface area contributed by atoms with Gasteiger partial charge in [-0.05, 0) is 50.2 Å². The molecule has 0 bridgehead atoms. The molecule has 1 aromatic heterocycles. The van der Waals surface area contributed by atoms with E-state index in [4.69, 9.17) is 10.2 Å². The number of nitrogens with two attached hydrogens (primary N) is 1. The molecule has 92 valence electrons. The standard InChI is InChI=1S/C13H19N3O/c1-10-16-12-4-3-11(9-13(12)17-10)5-8-15-7-2-6-14/h3-4,9,15H,2,5-8,14H2,1H3. The van der Waals surface area contributed by atoms with E-state index >= 15 is 0 Å². The number of aryl methyl sites for hydroxylation is 1. The second-order valence-corrected chi connectivity index (χ2v) is 4.18. The summed E-state index contributed by atoms with van der Waals surface area (Å²) in [5, 5.41) is 3.36. The van der Waals surface area contributed by atoms with Crippen LogP contribution in [0.4, 0.5) is 0 Å². The van der Waals surface area contributed by atoms with Crippen LogP contribution < -0.4 is 11.1 Å². The van der Waals surface area contributed by atoms with Crippen molar-refractivity contribution in [1.29, 1.82) is 0 Å². The molecule has 0 aliphatic heterocycles. The SMILES string of the molecule is Cc1nc2ccc(CCNCCCN)cc2o1. The quantitative estimate of drug-likeness (QED) is 0.744. The zero-order valence-corrected chi connectivity index (χ0v) is 10.2. The summed E-state index contributed by atoms with van der Waals surface area (Å²) in [7, 11) is 0. The van der Waals surface area contributed by atoms with Crippen LogP contribution in [-0.2, 0) is 6.42 Å². The summed E-state index contributed by atoms with van der Waals surface area (Å²) in [6, 6.07) is 6.19. The van der Waals surface area contributed by atoms with Gasteiger partial charge < -0.3 is 15.5 Å². The first-order chi connectivity index (χ1) is 8.29. The van der Waals surface area contributed by atoms with Crippen molar-refractivity contribution in [2.75, 3.05) is 19.6 Å². The Morgan fingerprint density at radius 2 is 2.24 bits per heavy atom. The maximum Gasteiger partial charge on any atom is 0.192 e. The smallest absolute Gasteiger partial charge is 0.192 e. The molecular formula is C13H19N3O. The molecule has 0 aliphatic carbocycles. The van der Waals surface area contributed by atoms with Gasteiger partial charge in [-0.3, -0.25) is 0 Å². The average molecular weight is 233 g/mol. The Morgan fingerprint density at radius 3 is 3.06 bits per heavy atom. The number of nitrogens with zero attached hydrogens (tertiary/aromatic N) is 1. The molecule has 3 N–H and O–H groups in total. The van der Waals surface area contributed by atoms with E-state index in [0.717, 1.165) is 49.5 Å². The molecule has 0 atom stereocenters. The van der Waals surface area contributed by atoms with Crippen LogP contribution in [0, 0.1) is 6.92 Å². The minimum atomic E-state index is 0.721. The van der Waals surface area contributed by atoms with Gasteiger partial charge in [0.15, 0.2) is 11.5 Å². The molecule has 0 saturated carbocycles. The molecule has 1 heterocycles. The molecule has 0 unspecified atom stereocenters. The molecule has 2 aromatic rings.